The van der Waals surface area contributed by atoms with Crippen molar-refractivity contribution in [2.45, 2.75) is 45.6 Å². The Bertz CT molecular complexity index is 956. The SMILES string of the molecule is Cc1c(-c2ccc([N+](=O)[O-])cc2)c2c(n1Cc1ccccc1)CCCCC2. The van der Waals surface area contributed by atoms with Crippen LogP contribution in [0.25, 0.3) is 11.1 Å². The lowest BCUT2D eigenvalue weighted by Crippen LogP contribution is -2.06. The lowest BCUT2D eigenvalue weighted by atomic mass is 9.97. The molecule has 27 heavy (non-hydrogen) atoms. The monoisotopic (exact) mass is 360 g/mol. The molecule has 1 heterocycles. The fourth-order valence-corrected chi connectivity index (χ4v) is 4.30. The van der Waals surface area contributed by atoms with Gasteiger partial charge in [-0.2, -0.15) is 0 Å². The largest absolute Gasteiger partial charge is 0.344 e. The molecule has 0 amide bonds. The molecule has 0 atom stereocenters. The maximum Gasteiger partial charge on any atom is 0.269 e. The highest BCUT2D eigenvalue weighted by Gasteiger charge is 2.23. The van der Waals surface area contributed by atoms with Crippen LogP contribution in [0.15, 0.2) is 54.6 Å². The lowest BCUT2D eigenvalue weighted by molar-refractivity contribution is -0.384. The normalized spacial score (nSPS) is 13.8. The summed E-state index contributed by atoms with van der Waals surface area (Å²) in [4.78, 5) is 10.7. The summed E-state index contributed by atoms with van der Waals surface area (Å²) in [5.74, 6) is 0. The molecule has 2 aromatic carbocycles. The molecule has 0 fully saturated rings. The Hall–Kier alpha value is -2.88. The van der Waals surface area contributed by atoms with Crippen molar-refractivity contribution >= 4 is 5.69 Å². The Morgan fingerprint density at radius 3 is 2.37 bits per heavy atom. The lowest BCUT2D eigenvalue weighted by Gasteiger charge is -2.12. The van der Waals surface area contributed by atoms with Crippen LogP contribution in [0, 0.1) is 17.0 Å². The van der Waals surface area contributed by atoms with Gasteiger partial charge in [-0.15, -0.1) is 0 Å². The summed E-state index contributed by atoms with van der Waals surface area (Å²) in [5, 5.41) is 11.0. The summed E-state index contributed by atoms with van der Waals surface area (Å²) in [6.07, 6.45) is 5.89. The van der Waals surface area contributed by atoms with Gasteiger partial charge in [0.2, 0.25) is 0 Å². The minimum atomic E-state index is -0.336. The predicted molar refractivity (Wildman–Crippen MR) is 108 cm³/mol. The maximum atomic E-state index is 11.0. The second-order valence-corrected chi connectivity index (χ2v) is 7.32. The van der Waals surface area contributed by atoms with Gasteiger partial charge in [0.1, 0.15) is 0 Å². The van der Waals surface area contributed by atoms with Crippen LogP contribution < -0.4 is 0 Å². The molecular formula is C23H24N2O2. The molecule has 1 aliphatic carbocycles. The van der Waals surface area contributed by atoms with Crippen LogP contribution in [0.4, 0.5) is 5.69 Å². The summed E-state index contributed by atoms with van der Waals surface area (Å²) in [7, 11) is 0. The third kappa shape index (κ3) is 3.39. The van der Waals surface area contributed by atoms with E-state index in [4.69, 9.17) is 0 Å². The van der Waals surface area contributed by atoms with Crippen molar-refractivity contribution in [1.82, 2.24) is 4.57 Å². The van der Waals surface area contributed by atoms with Crippen LogP contribution in [0.3, 0.4) is 0 Å². The van der Waals surface area contributed by atoms with Crippen molar-refractivity contribution < 1.29 is 4.92 Å². The van der Waals surface area contributed by atoms with Gasteiger partial charge in [0, 0.05) is 35.6 Å². The molecular weight excluding hydrogens is 336 g/mol. The van der Waals surface area contributed by atoms with Crippen LogP contribution in [0.5, 0.6) is 0 Å². The number of nitrogens with zero attached hydrogens (tertiary/aromatic N) is 2. The quantitative estimate of drug-likeness (QED) is 0.341. The van der Waals surface area contributed by atoms with Crippen molar-refractivity contribution in [3.05, 3.63) is 87.2 Å². The first kappa shape index (κ1) is 17.5. The number of benzene rings is 2. The fraction of sp³-hybridized carbons (Fsp3) is 0.304. The third-order valence-corrected chi connectivity index (χ3v) is 5.63. The number of aromatic nitrogens is 1. The molecule has 0 bridgehead atoms. The molecule has 1 aromatic heterocycles. The number of rotatable bonds is 4. The van der Waals surface area contributed by atoms with Gasteiger partial charge in [-0.25, -0.2) is 0 Å². The predicted octanol–water partition coefficient (Wildman–Crippen LogP) is 5.69. The second-order valence-electron chi connectivity index (χ2n) is 7.32. The zero-order valence-electron chi connectivity index (χ0n) is 15.6. The van der Waals surface area contributed by atoms with E-state index in [2.05, 4.69) is 41.8 Å². The third-order valence-electron chi connectivity index (χ3n) is 5.63. The van der Waals surface area contributed by atoms with Crippen molar-refractivity contribution in [2.75, 3.05) is 0 Å². The first-order valence-electron chi connectivity index (χ1n) is 9.64. The molecule has 0 spiro atoms. The molecule has 0 N–H and O–H groups in total. The molecule has 0 unspecified atom stereocenters. The number of fused-ring (bicyclic) bond motifs is 1. The van der Waals surface area contributed by atoms with E-state index < -0.39 is 0 Å². The van der Waals surface area contributed by atoms with Gasteiger partial charge in [0.25, 0.3) is 5.69 Å². The van der Waals surface area contributed by atoms with E-state index in [0.29, 0.717) is 0 Å². The fourth-order valence-electron chi connectivity index (χ4n) is 4.30. The Morgan fingerprint density at radius 1 is 0.963 bits per heavy atom. The highest BCUT2D eigenvalue weighted by atomic mass is 16.6. The zero-order chi connectivity index (χ0) is 18.8. The van der Waals surface area contributed by atoms with Crippen molar-refractivity contribution in [1.29, 1.82) is 0 Å². The first-order chi connectivity index (χ1) is 13.1. The smallest absolute Gasteiger partial charge is 0.269 e. The molecule has 4 rings (SSSR count). The van der Waals surface area contributed by atoms with Gasteiger partial charge in [-0.05, 0) is 61.4 Å². The minimum Gasteiger partial charge on any atom is -0.344 e. The number of nitro groups is 1. The van der Waals surface area contributed by atoms with Gasteiger partial charge in [-0.1, -0.05) is 36.8 Å². The molecule has 4 nitrogen and oxygen atoms in total. The van der Waals surface area contributed by atoms with E-state index in [1.54, 1.807) is 12.1 Å². The van der Waals surface area contributed by atoms with Gasteiger partial charge in [-0.3, -0.25) is 10.1 Å². The summed E-state index contributed by atoms with van der Waals surface area (Å²) in [6, 6.07) is 17.6. The van der Waals surface area contributed by atoms with E-state index in [9.17, 15) is 10.1 Å². The molecule has 0 aliphatic heterocycles. The Balaban J connectivity index is 1.82. The summed E-state index contributed by atoms with van der Waals surface area (Å²) in [6.45, 7) is 3.07. The molecule has 138 valence electrons. The Kier molecular flexibility index (Phi) is 4.80. The second kappa shape index (κ2) is 7.39. The Morgan fingerprint density at radius 2 is 1.67 bits per heavy atom. The van der Waals surface area contributed by atoms with Gasteiger partial charge < -0.3 is 4.57 Å². The van der Waals surface area contributed by atoms with E-state index in [-0.39, 0.29) is 10.6 Å². The number of non-ortho nitro benzene ring substituents is 1. The van der Waals surface area contributed by atoms with Crippen molar-refractivity contribution in [3.8, 4) is 11.1 Å². The molecule has 0 saturated carbocycles. The number of hydrogen-bond acceptors (Lipinski definition) is 2. The van der Waals surface area contributed by atoms with E-state index in [1.807, 2.05) is 12.1 Å². The van der Waals surface area contributed by atoms with Gasteiger partial charge in [0.05, 0.1) is 4.92 Å². The molecule has 1 aliphatic rings. The highest BCUT2D eigenvalue weighted by Crippen LogP contribution is 2.37. The van der Waals surface area contributed by atoms with E-state index >= 15 is 0 Å². The van der Waals surface area contributed by atoms with Crippen LogP contribution in [-0.4, -0.2) is 9.49 Å². The van der Waals surface area contributed by atoms with Crippen molar-refractivity contribution in [2.24, 2.45) is 0 Å². The van der Waals surface area contributed by atoms with Crippen LogP contribution in [-0.2, 0) is 19.4 Å². The van der Waals surface area contributed by atoms with Crippen LogP contribution in [0.2, 0.25) is 0 Å². The minimum absolute atomic E-state index is 0.145. The number of nitro benzene ring substituents is 1. The highest BCUT2D eigenvalue weighted by molar-refractivity contribution is 5.73. The Labute approximate surface area is 159 Å². The molecule has 4 heteroatoms. The summed E-state index contributed by atoms with van der Waals surface area (Å²) in [5.41, 5.74) is 7.96. The molecule has 0 saturated heterocycles. The molecule has 3 aromatic rings. The molecule has 0 radical (unpaired) electrons. The average Bonchev–Trinajstić information content (AvgIpc) is 2.83. The summed E-state index contributed by atoms with van der Waals surface area (Å²) < 4.78 is 2.47. The first-order valence-corrected chi connectivity index (χ1v) is 9.64. The zero-order valence-corrected chi connectivity index (χ0v) is 15.6. The van der Waals surface area contributed by atoms with E-state index in [1.165, 1.54) is 47.3 Å². The van der Waals surface area contributed by atoms with Crippen molar-refractivity contribution in [3.63, 3.8) is 0 Å². The number of hydrogen-bond donors (Lipinski definition) is 0. The summed E-state index contributed by atoms with van der Waals surface area (Å²) >= 11 is 0. The van der Waals surface area contributed by atoms with E-state index in [0.717, 1.165) is 24.9 Å². The van der Waals surface area contributed by atoms with Crippen LogP contribution >= 0.6 is 0 Å². The topological polar surface area (TPSA) is 48.1 Å². The standard InChI is InChI=1S/C23H24N2O2/c1-17-23(19-12-14-20(15-13-19)25(26)27)21-10-6-3-7-11-22(21)24(17)16-18-8-4-2-5-9-18/h2,4-5,8-9,12-15H,3,6-7,10-11,16H2,1H3. The van der Waals surface area contributed by atoms with Crippen LogP contribution in [0.1, 0.15) is 41.8 Å². The van der Waals surface area contributed by atoms with Gasteiger partial charge >= 0.3 is 0 Å². The maximum absolute atomic E-state index is 11.0. The van der Waals surface area contributed by atoms with Gasteiger partial charge in [0.15, 0.2) is 0 Å². The average molecular weight is 360 g/mol.